The smallest absolute Gasteiger partial charge is 0.0874 e. The molecule has 1 aliphatic rings. The van der Waals surface area contributed by atoms with Crippen molar-refractivity contribution >= 4 is 11.4 Å². The van der Waals surface area contributed by atoms with Crippen LogP contribution in [0, 0.1) is 0 Å². The van der Waals surface area contributed by atoms with Gasteiger partial charge in [0.1, 0.15) is 0 Å². The molecule has 0 N–H and O–H groups in total. The van der Waals surface area contributed by atoms with Crippen LogP contribution in [0.2, 0.25) is 0 Å². The van der Waals surface area contributed by atoms with Crippen LogP contribution in [0.25, 0.3) is 11.1 Å². The molecule has 0 spiro atoms. The van der Waals surface area contributed by atoms with E-state index >= 15 is 0 Å². The molecule has 0 unspecified atom stereocenters. The molecule has 6 heteroatoms. The van der Waals surface area contributed by atoms with Crippen LogP contribution in [-0.2, 0) is 5.41 Å². The Morgan fingerprint density at radius 2 is 0.857 bits per heavy atom. The van der Waals surface area contributed by atoms with Crippen molar-refractivity contribution in [3.05, 3.63) is 119 Å². The second-order valence-corrected chi connectivity index (χ2v) is 9.01. The maximum atomic E-state index is 4.33. The van der Waals surface area contributed by atoms with Crippen LogP contribution in [0.5, 0.6) is 0 Å². The van der Waals surface area contributed by atoms with Crippen molar-refractivity contribution < 1.29 is 0 Å². The van der Waals surface area contributed by atoms with Crippen molar-refractivity contribution in [1.29, 1.82) is 0 Å². The average Bonchev–Trinajstić information content (AvgIpc) is 3.18. The molecule has 174 valence electrons. The van der Waals surface area contributed by atoms with Gasteiger partial charge in [0.15, 0.2) is 0 Å². The van der Waals surface area contributed by atoms with Gasteiger partial charge >= 0.3 is 0 Å². The van der Waals surface area contributed by atoms with Gasteiger partial charge in [-0.2, -0.15) is 0 Å². The van der Waals surface area contributed by atoms with Gasteiger partial charge in [-0.3, -0.25) is 10.0 Å². The molecular weight excluding hydrogens is 432 g/mol. The zero-order valence-corrected chi connectivity index (χ0v) is 20.4. The van der Waals surface area contributed by atoms with Crippen LogP contribution in [0.15, 0.2) is 118 Å². The highest BCUT2D eigenvalue weighted by atomic mass is 15.5. The Morgan fingerprint density at radius 3 is 1.23 bits per heavy atom. The van der Waals surface area contributed by atoms with Gasteiger partial charge in [0, 0.05) is 28.2 Å². The topological polar surface area (TPSA) is 55.9 Å². The number of fused-ring (bicyclic) bond motifs is 3. The molecule has 0 fully saturated rings. The van der Waals surface area contributed by atoms with Crippen molar-refractivity contribution in [1.82, 2.24) is 10.0 Å². The monoisotopic (exact) mass is 460 g/mol. The summed E-state index contributed by atoms with van der Waals surface area (Å²) < 4.78 is 0. The van der Waals surface area contributed by atoms with E-state index in [1.807, 2.05) is 52.5 Å². The zero-order valence-electron chi connectivity index (χ0n) is 20.4. The van der Waals surface area contributed by atoms with Crippen molar-refractivity contribution in [2.75, 3.05) is 28.2 Å². The Kier molecular flexibility index (Phi) is 5.87. The molecular formula is C29H28N6. The molecule has 5 rings (SSSR count). The lowest BCUT2D eigenvalue weighted by Crippen LogP contribution is -2.28. The fraction of sp³-hybridized carbons (Fsp3) is 0.172. The lowest BCUT2D eigenvalue weighted by atomic mass is 9.67. The second-order valence-electron chi connectivity index (χ2n) is 9.01. The van der Waals surface area contributed by atoms with Crippen molar-refractivity contribution in [2.45, 2.75) is 5.41 Å². The summed E-state index contributed by atoms with van der Waals surface area (Å²) in [6.07, 6.45) is 0. The first kappa shape index (κ1) is 22.5. The van der Waals surface area contributed by atoms with Gasteiger partial charge in [0.2, 0.25) is 0 Å². The minimum atomic E-state index is -0.457. The zero-order chi connectivity index (χ0) is 24.4. The molecule has 35 heavy (non-hydrogen) atoms. The molecule has 0 aliphatic heterocycles. The average molecular weight is 461 g/mol. The van der Waals surface area contributed by atoms with Gasteiger partial charge in [-0.15, -0.1) is 10.2 Å². The highest BCUT2D eigenvalue weighted by molar-refractivity contribution is 5.86. The minimum Gasteiger partial charge on any atom is -0.285 e. The third-order valence-electron chi connectivity index (χ3n) is 6.23. The third kappa shape index (κ3) is 3.97. The summed E-state index contributed by atoms with van der Waals surface area (Å²) in [5.41, 5.74) is 8.60. The molecule has 0 saturated heterocycles. The van der Waals surface area contributed by atoms with Crippen LogP contribution in [-0.4, -0.2) is 38.2 Å². The summed E-state index contributed by atoms with van der Waals surface area (Å²) in [5, 5.41) is 20.3. The first-order chi connectivity index (χ1) is 17.0. The standard InChI is InChI=1S/C29H28N6/c1-34(2)32-30-23-17-13-21(14-18-23)29(22-15-19-24(20-16-22)31-33-35(3)4)27-11-7-5-9-25(27)26-10-6-8-12-28(26)29/h5-20H,1-4H3. The van der Waals surface area contributed by atoms with Crippen molar-refractivity contribution in [2.24, 2.45) is 20.7 Å². The lowest BCUT2D eigenvalue weighted by Gasteiger charge is -2.34. The predicted octanol–water partition coefficient (Wildman–Crippen LogP) is 7.17. The minimum absolute atomic E-state index is 0.457. The Labute approximate surface area is 206 Å². The molecule has 0 amide bonds. The third-order valence-corrected chi connectivity index (χ3v) is 6.23. The summed E-state index contributed by atoms with van der Waals surface area (Å²) >= 11 is 0. The van der Waals surface area contributed by atoms with Crippen LogP contribution in [0.4, 0.5) is 11.4 Å². The van der Waals surface area contributed by atoms with E-state index < -0.39 is 5.41 Å². The normalized spacial score (nSPS) is 13.7. The van der Waals surface area contributed by atoms with E-state index in [2.05, 4.69) is 93.5 Å². The maximum Gasteiger partial charge on any atom is 0.0874 e. The van der Waals surface area contributed by atoms with Crippen LogP contribution in [0.1, 0.15) is 22.3 Å². The molecule has 6 nitrogen and oxygen atoms in total. The van der Waals surface area contributed by atoms with Gasteiger partial charge in [-0.25, -0.2) is 0 Å². The van der Waals surface area contributed by atoms with E-state index in [0.29, 0.717) is 0 Å². The Bertz CT molecular complexity index is 1280. The summed E-state index contributed by atoms with van der Waals surface area (Å²) in [4.78, 5) is 0. The molecule has 0 radical (unpaired) electrons. The highest BCUT2D eigenvalue weighted by Gasteiger charge is 2.45. The number of benzene rings is 4. The Morgan fingerprint density at radius 1 is 0.486 bits per heavy atom. The fourth-order valence-corrected chi connectivity index (χ4v) is 4.86. The molecule has 1 aliphatic carbocycles. The largest absolute Gasteiger partial charge is 0.285 e. The quantitative estimate of drug-likeness (QED) is 0.199. The van der Waals surface area contributed by atoms with Crippen LogP contribution >= 0.6 is 0 Å². The highest BCUT2D eigenvalue weighted by Crippen LogP contribution is 2.56. The maximum absolute atomic E-state index is 4.33. The van der Waals surface area contributed by atoms with Gasteiger partial charge in [-0.05, 0) is 57.6 Å². The van der Waals surface area contributed by atoms with E-state index in [9.17, 15) is 0 Å². The summed E-state index contributed by atoms with van der Waals surface area (Å²) in [7, 11) is 7.45. The number of hydrogen-bond acceptors (Lipinski definition) is 4. The van der Waals surface area contributed by atoms with E-state index in [4.69, 9.17) is 0 Å². The molecule has 0 atom stereocenters. The van der Waals surface area contributed by atoms with Gasteiger partial charge in [-0.1, -0.05) is 83.2 Å². The first-order valence-corrected chi connectivity index (χ1v) is 11.6. The van der Waals surface area contributed by atoms with E-state index in [1.165, 1.54) is 33.4 Å². The molecule has 4 aromatic carbocycles. The number of rotatable bonds is 6. The fourth-order valence-electron chi connectivity index (χ4n) is 4.86. The van der Waals surface area contributed by atoms with Crippen LogP contribution in [0.3, 0.4) is 0 Å². The number of nitrogens with zero attached hydrogens (tertiary/aromatic N) is 6. The van der Waals surface area contributed by atoms with Crippen LogP contribution < -0.4 is 0 Å². The van der Waals surface area contributed by atoms with Gasteiger partial charge < -0.3 is 0 Å². The SMILES string of the molecule is CN(C)N=Nc1ccc(C2(c3ccc(N=NN(C)C)cc3)c3ccccc3-c3ccccc32)cc1. The summed E-state index contributed by atoms with van der Waals surface area (Å²) in [6.45, 7) is 0. The molecule has 0 saturated carbocycles. The lowest BCUT2D eigenvalue weighted by molar-refractivity contribution is 0.408. The summed E-state index contributed by atoms with van der Waals surface area (Å²) in [5.74, 6) is 0. The molecule has 0 heterocycles. The predicted molar refractivity (Wildman–Crippen MR) is 140 cm³/mol. The number of hydrogen-bond donors (Lipinski definition) is 0. The van der Waals surface area contributed by atoms with Crippen molar-refractivity contribution in [3.63, 3.8) is 0 Å². The van der Waals surface area contributed by atoms with Gasteiger partial charge in [0.05, 0.1) is 16.8 Å². The van der Waals surface area contributed by atoms with E-state index in [1.54, 1.807) is 10.0 Å². The molecule has 0 bridgehead atoms. The van der Waals surface area contributed by atoms with E-state index in [-0.39, 0.29) is 0 Å². The Hall–Kier alpha value is -4.32. The molecule has 4 aromatic rings. The van der Waals surface area contributed by atoms with Crippen molar-refractivity contribution in [3.8, 4) is 11.1 Å². The molecule has 0 aromatic heterocycles. The van der Waals surface area contributed by atoms with E-state index in [0.717, 1.165) is 11.4 Å². The van der Waals surface area contributed by atoms with Gasteiger partial charge in [0.25, 0.3) is 0 Å². The Balaban J connectivity index is 1.73. The second kappa shape index (κ2) is 9.14. The summed E-state index contributed by atoms with van der Waals surface area (Å²) in [6, 6.07) is 34.2. The first-order valence-electron chi connectivity index (χ1n) is 11.6.